The van der Waals surface area contributed by atoms with Crippen LogP contribution >= 0.6 is 15.9 Å². The highest BCUT2D eigenvalue weighted by Gasteiger charge is 2.24. The minimum absolute atomic E-state index is 0.235. The van der Waals surface area contributed by atoms with Gasteiger partial charge in [0.2, 0.25) is 0 Å². The molecule has 0 unspecified atom stereocenters. The normalized spacial score (nSPS) is 13.5. The maximum Gasteiger partial charge on any atom is 0.270 e. The Kier molecular flexibility index (Phi) is 4.43. The molecule has 0 spiro atoms. The fourth-order valence-electron chi connectivity index (χ4n) is 2.11. The fourth-order valence-corrected chi connectivity index (χ4v) is 2.36. The molecule has 3 rings (SSSR count). The van der Waals surface area contributed by atoms with Crippen LogP contribution in [-0.2, 0) is 0 Å². The second-order valence-electron chi connectivity index (χ2n) is 5.60. The first-order valence-electron chi connectivity index (χ1n) is 7.37. The van der Waals surface area contributed by atoms with E-state index >= 15 is 0 Å². The zero-order valence-electron chi connectivity index (χ0n) is 12.6. The van der Waals surface area contributed by atoms with Gasteiger partial charge in [0.25, 0.3) is 11.8 Å². The number of carbonyl (C=O) groups excluding carboxylic acids is 2. The molecule has 6 heteroatoms. The molecule has 1 aliphatic carbocycles. The van der Waals surface area contributed by atoms with Gasteiger partial charge in [-0.05, 0) is 55.7 Å². The van der Waals surface area contributed by atoms with E-state index in [1.807, 2.05) is 25.1 Å². The highest BCUT2D eigenvalue weighted by molar-refractivity contribution is 9.10. The van der Waals surface area contributed by atoms with Crippen LogP contribution in [0.2, 0.25) is 0 Å². The molecular formula is C17H16BrN3O2. The maximum absolute atomic E-state index is 12.3. The van der Waals surface area contributed by atoms with E-state index in [1.165, 1.54) is 12.3 Å². The van der Waals surface area contributed by atoms with Gasteiger partial charge in [0.05, 0.1) is 0 Å². The molecule has 0 atom stereocenters. The summed E-state index contributed by atoms with van der Waals surface area (Å²) >= 11 is 3.43. The molecule has 2 amide bonds. The van der Waals surface area contributed by atoms with Gasteiger partial charge in [0.1, 0.15) is 5.69 Å². The van der Waals surface area contributed by atoms with Crippen LogP contribution < -0.4 is 10.6 Å². The molecule has 0 radical (unpaired) electrons. The lowest BCUT2D eigenvalue weighted by Crippen LogP contribution is -2.26. The van der Waals surface area contributed by atoms with Crippen molar-refractivity contribution in [3.05, 3.63) is 57.8 Å². The molecule has 23 heavy (non-hydrogen) atoms. The summed E-state index contributed by atoms with van der Waals surface area (Å²) in [4.78, 5) is 28.4. The number of aryl methyl sites for hydroxylation is 1. The van der Waals surface area contributed by atoms with Gasteiger partial charge < -0.3 is 10.6 Å². The number of hydrogen-bond acceptors (Lipinski definition) is 3. The number of benzene rings is 1. The van der Waals surface area contributed by atoms with Crippen molar-refractivity contribution in [3.8, 4) is 0 Å². The van der Waals surface area contributed by atoms with E-state index in [2.05, 4.69) is 31.5 Å². The van der Waals surface area contributed by atoms with Crippen molar-refractivity contribution in [1.29, 1.82) is 0 Å². The Morgan fingerprint density at radius 2 is 1.96 bits per heavy atom. The van der Waals surface area contributed by atoms with Crippen molar-refractivity contribution in [2.24, 2.45) is 0 Å². The van der Waals surface area contributed by atoms with Crippen LogP contribution in [0, 0.1) is 6.92 Å². The van der Waals surface area contributed by atoms with E-state index < -0.39 is 0 Å². The first-order chi connectivity index (χ1) is 11.0. The van der Waals surface area contributed by atoms with Gasteiger partial charge in [-0.2, -0.15) is 0 Å². The summed E-state index contributed by atoms with van der Waals surface area (Å²) in [7, 11) is 0. The average molecular weight is 374 g/mol. The van der Waals surface area contributed by atoms with Crippen LogP contribution in [0.5, 0.6) is 0 Å². The molecule has 1 aromatic carbocycles. The van der Waals surface area contributed by atoms with Crippen LogP contribution in [0.4, 0.5) is 5.69 Å². The molecule has 2 aromatic rings. The van der Waals surface area contributed by atoms with E-state index in [1.54, 1.807) is 6.07 Å². The van der Waals surface area contributed by atoms with Crippen molar-refractivity contribution in [2.75, 3.05) is 5.32 Å². The lowest BCUT2D eigenvalue weighted by molar-refractivity contribution is 0.0946. The van der Waals surface area contributed by atoms with E-state index in [0.717, 1.165) is 22.9 Å². The van der Waals surface area contributed by atoms with E-state index in [9.17, 15) is 9.59 Å². The molecule has 1 fully saturated rings. The monoisotopic (exact) mass is 373 g/mol. The Labute approximate surface area is 142 Å². The first kappa shape index (κ1) is 15.7. The average Bonchev–Trinajstić information content (AvgIpc) is 3.35. The van der Waals surface area contributed by atoms with Gasteiger partial charge in [0, 0.05) is 28.0 Å². The summed E-state index contributed by atoms with van der Waals surface area (Å²) < 4.78 is 0.985. The molecule has 1 aromatic heterocycles. The number of pyridine rings is 1. The number of hydrogen-bond donors (Lipinski definition) is 2. The standard InChI is InChI=1S/C17H16BrN3O2/c1-10-8-13(4-5-14(10)18)21-16(22)11-6-7-19-15(9-11)17(23)20-12-2-3-12/h4-9,12H,2-3H2,1H3,(H,20,23)(H,21,22). The quantitative estimate of drug-likeness (QED) is 0.863. The molecule has 0 saturated heterocycles. The SMILES string of the molecule is Cc1cc(NC(=O)c2ccnc(C(=O)NC3CC3)c2)ccc1Br. The zero-order valence-corrected chi connectivity index (χ0v) is 14.2. The zero-order chi connectivity index (χ0) is 16.4. The molecule has 1 heterocycles. The maximum atomic E-state index is 12.3. The number of rotatable bonds is 4. The number of halogens is 1. The van der Waals surface area contributed by atoms with Gasteiger partial charge >= 0.3 is 0 Å². The molecule has 1 aliphatic rings. The molecule has 1 saturated carbocycles. The van der Waals surface area contributed by atoms with Crippen LogP contribution in [0.1, 0.15) is 39.3 Å². The smallest absolute Gasteiger partial charge is 0.270 e. The number of nitrogens with one attached hydrogen (secondary N) is 2. The summed E-state index contributed by atoms with van der Waals surface area (Å²) in [5, 5.41) is 5.69. The predicted octanol–water partition coefficient (Wildman–Crippen LogP) is 3.30. The van der Waals surface area contributed by atoms with Crippen LogP contribution in [-0.4, -0.2) is 22.8 Å². The van der Waals surface area contributed by atoms with Gasteiger partial charge in [-0.15, -0.1) is 0 Å². The second kappa shape index (κ2) is 6.50. The fraction of sp³-hybridized carbons (Fsp3) is 0.235. The van der Waals surface area contributed by atoms with Crippen LogP contribution in [0.3, 0.4) is 0 Å². The van der Waals surface area contributed by atoms with Crippen LogP contribution in [0.25, 0.3) is 0 Å². The van der Waals surface area contributed by atoms with E-state index in [4.69, 9.17) is 0 Å². The third kappa shape index (κ3) is 3.96. The van der Waals surface area contributed by atoms with Crippen molar-refractivity contribution >= 4 is 33.4 Å². The Morgan fingerprint density at radius 3 is 2.65 bits per heavy atom. The topological polar surface area (TPSA) is 71.1 Å². The number of nitrogens with zero attached hydrogens (tertiary/aromatic N) is 1. The number of anilines is 1. The molecule has 5 nitrogen and oxygen atoms in total. The van der Waals surface area contributed by atoms with Gasteiger partial charge in [-0.3, -0.25) is 14.6 Å². The summed E-state index contributed by atoms with van der Waals surface area (Å²) in [6.45, 7) is 1.95. The van der Waals surface area contributed by atoms with E-state index in [-0.39, 0.29) is 23.6 Å². The first-order valence-corrected chi connectivity index (χ1v) is 8.16. The molecule has 118 valence electrons. The Hall–Kier alpha value is -2.21. The van der Waals surface area contributed by atoms with Gasteiger partial charge in [-0.25, -0.2) is 0 Å². The van der Waals surface area contributed by atoms with Crippen molar-refractivity contribution < 1.29 is 9.59 Å². The number of carbonyl (C=O) groups is 2. The van der Waals surface area contributed by atoms with E-state index in [0.29, 0.717) is 11.3 Å². The van der Waals surface area contributed by atoms with Gasteiger partial charge in [0.15, 0.2) is 0 Å². The lowest BCUT2D eigenvalue weighted by Gasteiger charge is -2.08. The third-order valence-corrected chi connectivity index (χ3v) is 4.47. The minimum Gasteiger partial charge on any atom is -0.348 e. The summed E-state index contributed by atoms with van der Waals surface area (Å²) in [6.07, 6.45) is 3.49. The Bertz CT molecular complexity index is 772. The molecule has 2 N–H and O–H groups in total. The van der Waals surface area contributed by atoms with Crippen molar-refractivity contribution in [1.82, 2.24) is 10.3 Å². The molecule has 0 bridgehead atoms. The lowest BCUT2D eigenvalue weighted by atomic mass is 10.2. The van der Waals surface area contributed by atoms with Crippen molar-refractivity contribution in [2.45, 2.75) is 25.8 Å². The molecule has 0 aliphatic heterocycles. The predicted molar refractivity (Wildman–Crippen MR) is 91.6 cm³/mol. The minimum atomic E-state index is -0.269. The number of aromatic nitrogens is 1. The summed E-state index contributed by atoms with van der Waals surface area (Å²) in [5.74, 6) is -0.503. The highest BCUT2D eigenvalue weighted by atomic mass is 79.9. The largest absolute Gasteiger partial charge is 0.348 e. The van der Waals surface area contributed by atoms with Crippen molar-refractivity contribution in [3.63, 3.8) is 0 Å². The van der Waals surface area contributed by atoms with Crippen LogP contribution in [0.15, 0.2) is 41.0 Å². The third-order valence-electron chi connectivity index (χ3n) is 3.58. The summed E-state index contributed by atoms with van der Waals surface area (Å²) in [6, 6.07) is 8.94. The highest BCUT2D eigenvalue weighted by Crippen LogP contribution is 2.21. The second-order valence-corrected chi connectivity index (χ2v) is 6.45. The Morgan fingerprint density at radius 1 is 1.17 bits per heavy atom. The molecular weight excluding hydrogens is 358 g/mol. The Balaban J connectivity index is 1.73. The number of amides is 2. The summed E-state index contributed by atoms with van der Waals surface area (Å²) in [5.41, 5.74) is 2.40. The van der Waals surface area contributed by atoms with Gasteiger partial charge in [-0.1, -0.05) is 15.9 Å².